The molecule has 0 atom stereocenters. The van der Waals surface area contributed by atoms with E-state index in [1.165, 1.54) is 6.38 Å². The Kier molecular flexibility index (Phi) is 14.8. The van der Waals surface area contributed by atoms with Gasteiger partial charge in [0.2, 0.25) is 0 Å². The molecule has 8 nitrogen and oxygen atoms in total. The highest BCUT2D eigenvalue weighted by molar-refractivity contribution is 6.37. The van der Waals surface area contributed by atoms with Gasteiger partial charge < -0.3 is 7.10 Å². The standard InChI is InChI=1S/C32H16N8.5C2H6.CH3Cl.Al/c1-2-10-18-17(9-1)25-33-26(18)38-28-21-13-5-6-14-22(21)30(35-28)40-32-24-16-8-7-15-23(24)31(36-32)39-29-20-12-4-3-11-19(20)27(34-29)37-25;6*1-2;/h1-16H;5*1-2H3;1H3;/q-2;;;;;;;+2. The van der Waals surface area contributed by atoms with Crippen LogP contribution in [-0.4, -0.2) is 52.5 Å². The Hall–Kier alpha value is -4.94. The minimum atomic E-state index is -0.639. The van der Waals surface area contributed by atoms with Crippen LogP contribution in [0, 0.1) is 0 Å². The summed E-state index contributed by atoms with van der Waals surface area (Å²) < 4.78 is 4.48. The first-order valence-corrected chi connectivity index (χ1v) is 20.6. The molecule has 0 spiro atoms. The largest absolute Gasteiger partial charge is 0.568 e. The zero-order chi connectivity index (χ0) is 38.7. The van der Waals surface area contributed by atoms with Crippen LogP contribution in [0.3, 0.4) is 0 Å². The van der Waals surface area contributed by atoms with Gasteiger partial charge in [-0.3, -0.25) is 0 Å². The topological polar surface area (TPSA) is 84.0 Å². The molecule has 0 amide bonds. The predicted octanol–water partition coefficient (Wildman–Crippen LogP) is 10.5. The molecule has 0 saturated heterocycles. The average Bonchev–Trinajstić information content (AvgIpc) is 3.96. The van der Waals surface area contributed by atoms with Crippen molar-refractivity contribution >= 4 is 83.8 Å². The fraction of sp³-hybridized carbons (Fsp3) is 0.256. The van der Waals surface area contributed by atoms with Crippen molar-refractivity contribution in [1.29, 1.82) is 0 Å². The fourth-order valence-electron chi connectivity index (χ4n) is 6.19. The monoisotopic (exact) mass is 739 g/mol. The van der Waals surface area contributed by atoms with E-state index in [0.29, 0.717) is 23.3 Å². The molecule has 4 aliphatic heterocycles. The summed E-state index contributed by atoms with van der Waals surface area (Å²) in [5, 5.41) is 4.10. The van der Waals surface area contributed by atoms with Crippen LogP contribution in [-0.2, 0) is 0 Å². The van der Waals surface area contributed by atoms with E-state index >= 15 is 0 Å². The number of nitrogens with zero attached hydrogens (tertiary/aromatic N) is 8. The number of aromatic nitrogens is 2. The number of halogens is 1. The number of rotatable bonds is 0. The zero-order valence-corrected chi connectivity index (χ0v) is 34.7. The summed E-state index contributed by atoms with van der Waals surface area (Å²) in [6.45, 7) is 20.0. The summed E-state index contributed by atoms with van der Waals surface area (Å²) in [6, 6.07) is 33.0. The van der Waals surface area contributed by atoms with Crippen LogP contribution >= 0.6 is 11.6 Å². The Morgan fingerprint density at radius 2 is 0.642 bits per heavy atom. The molecular weight excluding hydrogens is 691 g/mol. The van der Waals surface area contributed by atoms with Crippen molar-refractivity contribution < 1.29 is 0 Å². The first-order valence-electron chi connectivity index (χ1n) is 18.8. The van der Waals surface area contributed by atoms with Crippen molar-refractivity contribution in [3.63, 3.8) is 0 Å². The second kappa shape index (κ2) is 19.2. The van der Waals surface area contributed by atoms with E-state index in [9.17, 15) is 0 Å². The van der Waals surface area contributed by atoms with Gasteiger partial charge in [-0.15, -0.1) is 11.6 Å². The maximum atomic E-state index is 5.24. The normalized spacial score (nSPS) is 12.7. The minimum Gasteiger partial charge on any atom is -0.389 e. The van der Waals surface area contributed by atoms with E-state index in [0.717, 1.165) is 66.4 Å². The Balaban J connectivity index is 0.000000480. The molecule has 271 valence electrons. The molecule has 10 rings (SSSR count). The van der Waals surface area contributed by atoms with Crippen LogP contribution < -0.4 is 11.0 Å². The molecule has 0 unspecified atom stereocenters. The van der Waals surface area contributed by atoms with E-state index in [1.54, 1.807) is 0 Å². The van der Waals surface area contributed by atoms with Crippen LogP contribution in [0.1, 0.15) is 91.5 Å². The highest BCUT2D eigenvalue weighted by Crippen LogP contribution is 2.39. The Bertz CT molecular complexity index is 2300. The SMILES string of the molecule is CC.CC.CC.CC.CC.CCl.c1ccc2c(c1)C1=NC2=Nc2c3ccccc3c3[n]2[Al][n]2c(c4ccccc4c2=NC2=NC(=N3)c3ccccc32)=N1. The number of hydrogen-bond acceptors (Lipinski definition) is 6. The van der Waals surface area contributed by atoms with Crippen molar-refractivity contribution in [2.75, 3.05) is 6.38 Å². The van der Waals surface area contributed by atoms with Gasteiger partial charge in [0.1, 0.15) is 22.6 Å². The average molecular weight is 740 g/mol. The molecular formula is C43H49AlClN8. The van der Waals surface area contributed by atoms with Gasteiger partial charge in [0.05, 0.1) is 0 Å². The molecule has 6 aromatic rings. The molecule has 0 saturated carbocycles. The van der Waals surface area contributed by atoms with Gasteiger partial charge >= 0.3 is 15.7 Å². The van der Waals surface area contributed by atoms with Crippen molar-refractivity contribution in [2.24, 2.45) is 30.0 Å². The molecule has 1 radical (unpaired) electrons. The van der Waals surface area contributed by atoms with Gasteiger partial charge in [0.15, 0.2) is 23.3 Å². The Labute approximate surface area is 325 Å². The van der Waals surface area contributed by atoms with Crippen LogP contribution in [0.5, 0.6) is 0 Å². The summed E-state index contributed by atoms with van der Waals surface area (Å²) in [4.78, 5) is 31.0. The predicted molar refractivity (Wildman–Crippen MR) is 230 cm³/mol. The van der Waals surface area contributed by atoms with Crippen LogP contribution in [0.2, 0.25) is 0 Å². The third-order valence-corrected chi connectivity index (χ3v) is 9.49. The number of fused-ring (bicyclic) bond motifs is 14. The van der Waals surface area contributed by atoms with Gasteiger partial charge in [-0.05, 0) is 0 Å². The van der Waals surface area contributed by atoms with E-state index in [-0.39, 0.29) is 0 Å². The Morgan fingerprint density at radius 1 is 0.358 bits per heavy atom. The molecule has 0 fully saturated rings. The van der Waals surface area contributed by atoms with Gasteiger partial charge in [-0.2, -0.15) is 0 Å². The zero-order valence-electron chi connectivity index (χ0n) is 32.8. The minimum absolute atomic E-state index is 0.639. The molecule has 0 N–H and O–H groups in total. The molecule has 2 aromatic heterocycles. The molecule has 4 aliphatic rings. The summed E-state index contributed by atoms with van der Waals surface area (Å²) in [6.07, 6.45) is 1.47. The third-order valence-electron chi connectivity index (χ3n) is 8.05. The van der Waals surface area contributed by atoms with Crippen molar-refractivity contribution in [2.45, 2.75) is 69.2 Å². The molecule has 6 bridgehead atoms. The lowest BCUT2D eigenvalue weighted by Crippen LogP contribution is -2.36. The number of aliphatic imine (C=N–C) groups is 4. The number of benzene rings is 4. The van der Waals surface area contributed by atoms with E-state index < -0.39 is 15.7 Å². The lowest BCUT2D eigenvalue weighted by Gasteiger charge is -2.11. The highest BCUT2D eigenvalue weighted by Gasteiger charge is 2.30. The van der Waals surface area contributed by atoms with E-state index in [2.05, 4.69) is 91.5 Å². The van der Waals surface area contributed by atoms with E-state index in [4.69, 9.17) is 30.0 Å². The third kappa shape index (κ3) is 7.22. The molecule has 0 aliphatic carbocycles. The number of alkyl halides is 1. The second-order valence-corrected chi connectivity index (χ2v) is 11.6. The maximum Gasteiger partial charge on any atom is 0.568 e. The van der Waals surface area contributed by atoms with Crippen LogP contribution in [0.15, 0.2) is 127 Å². The fourth-order valence-corrected chi connectivity index (χ4v) is 7.64. The summed E-state index contributed by atoms with van der Waals surface area (Å²) in [5.74, 6) is 4.31. The number of amidine groups is 4. The molecule has 10 heteroatoms. The number of hydrogen-bond donors (Lipinski definition) is 0. The smallest absolute Gasteiger partial charge is 0.389 e. The first kappa shape index (κ1) is 40.8. The van der Waals surface area contributed by atoms with Crippen LogP contribution in [0.4, 0.5) is 11.6 Å². The lowest BCUT2D eigenvalue weighted by atomic mass is 10.1. The summed E-state index contributed by atoms with van der Waals surface area (Å²) >= 11 is 4.00. The van der Waals surface area contributed by atoms with Gasteiger partial charge in [-0.1, -0.05) is 166 Å². The second-order valence-electron chi connectivity index (χ2n) is 10.3. The Morgan fingerprint density at radius 3 is 0.981 bits per heavy atom. The maximum absolute atomic E-state index is 5.24. The molecule has 6 heterocycles. The van der Waals surface area contributed by atoms with Gasteiger partial charge in [-0.25, -0.2) is 30.0 Å². The summed E-state index contributed by atoms with van der Waals surface area (Å²) in [7, 11) is 0. The molecule has 4 aromatic carbocycles. The van der Waals surface area contributed by atoms with Crippen LogP contribution in [0.25, 0.3) is 21.5 Å². The summed E-state index contributed by atoms with van der Waals surface area (Å²) in [5.41, 5.74) is 5.56. The quantitative estimate of drug-likeness (QED) is 0.110. The van der Waals surface area contributed by atoms with Gasteiger partial charge in [0, 0.05) is 50.2 Å². The lowest BCUT2D eigenvalue weighted by molar-refractivity contribution is 0.992. The highest BCUT2D eigenvalue weighted by atomic mass is 35.5. The van der Waals surface area contributed by atoms with Crippen molar-refractivity contribution in [1.82, 2.24) is 7.10 Å². The van der Waals surface area contributed by atoms with Crippen molar-refractivity contribution in [3.05, 3.63) is 130 Å². The van der Waals surface area contributed by atoms with E-state index in [1.807, 2.05) is 93.5 Å². The molecule has 53 heavy (non-hydrogen) atoms. The van der Waals surface area contributed by atoms with Gasteiger partial charge in [0.25, 0.3) is 0 Å². The van der Waals surface area contributed by atoms with Crippen molar-refractivity contribution in [3.8, 4) is 0 Å². The first-order chi connectivity index (χ1) is 26.3.